The number of rotatable bonds is 9. The van der Waals surface area contributed by atoms with Gasteiger partial charge in [0.25, 0.3) is 0 Å². The normalized spacial score (nSPS) is 19.1. The SMILES string of the molecule is NC(N)=NCCCC(NC(=O)C(N)CS)C(=O)N1CCCC1C(=O)O. The van der Waals surface area contributed by atoms with Crippen LogP contribution in [0.15, 0.2) is 4.99 Å². The molecule has 1 aliphatic heterocycles. The molecule has 1 fully saturated rings. The molecule has 25 heavy (non-hydrogen) atoms. The van der Waals surface area contributed by atoms with Crippen LogP contribution in [0.1, 0.15) is 25.7 Å². The number of hydrogen-bond acceptors (Lipinski definition) is 6. The Morgan fingerprint density at radius 1 is 1.36 bits per heavy atom. The summed E-state index contributed by atoms with van der Waals surface area (Å²) in [4.78, 5) is 41.2. The molecular formula is C14H26N6O4S. The van der Waals surface area contributed by atoms with Gasteiger partial charge in [-0.2, -0.15) is 12.6 Å². The summed E-state index contributed by atoms with van der Waals surface area (Å²) in [6.45, 7) is 0.637. The maximum atomic E-state index is 12.7. The summed E-state index contributed by atoms with van der Waals surface area (Å²) in [5.74, 6) is -1.93. The molecule has 0 saturated carbocycles. The van der Waals surface area contributed by atoms with Crippen molar-refractivity contribution in [3.8, 4) is 0 Å². The number of aliphatic imine (C=N–C) groups is 1. The van der Waals surface area contributed by atoms with Crippen LogP contribution < -0.4 is 22.5 Å². The lowest BCUT2D eigenvalue weighted by molar-refractivity contribution is -0.149. The van der Waals surface area contributed by atoms with E-state index in [-0.39, 0.29) is 18.1 Å². The van der Waals surface area contributed by atoms with Gasteiger partial charge in [0.2, 0.25) is 11.8 Å². The number of carboxylic acid groups (broad SMARTS) is 1. The molecule has 1 rings (SSSR count). The van der Waals surface area contributed by atoms with Crippen molar-refractivity contribution in [1.29, 1.82) is 0 Å². The number of aliphatic carboxylic acids is 1. The van der Waals surface area contributed by atoms with Crippen LogP contribution in [0.25, 0.3) is 0 Å². The van der Waals surface area contributed by atoms with Crippen molar-refractivity contribution in [2.75, 3.05) is 18.8 Å². The molecule has 1 aliphatic rings. The summed E-state index contributed by atoms with van der Waals surface area (Å²) in [6, 6.07) is -2.61. The Bertz CT molecular complexity index is 525. The number of nitrogens with zero attached hydrogens (tertiary/aromatic N) is 2. The van der Waals surface area contributed by atoms with E-state index in [4.69, 9.17) is 17.2 Å². The minimum atomic E-state index is -1.05. The first kappa shape index (κ1) is 21.0. The minimum Gasteiger partial charge on any atom is -0.480 e. The lowest BCUT2D eigenvalue weighted by atomic mass is 10.1. The van der Waals surface area contributed by atoms with E-state index in [1.54, 1.807) is 0 Å². The number of nitrogens with one attached hydrogen (secondary N) is 1. The molecule has 8 N–H and O–H groups in total. The van der Waals surface area contributed by atoms with E-state index in [0.717, 1.165) is 0 Å². The Morgan fingerprint density at radius 2 is 2.04 bits per heavy atom. The third kappa shape index (κ3) is 6.42. The molecule has 2 amide bonds. The van der Waals surface area contributed by atoms with Gasteiger partial charge in [0, 0.05) is 18.8 Å². The van der Waals surface area contributed by atoms with Crippen molar-refractivity contribution in [1.82, 2.24) is 10.2 Å². The molecular weight excluding hydrogens is 348 g/mol. The quantitative estimate of drug-likeness (QED) is 0.115. The molecule has 0 spiro atoms. The highest BCUT2D eigenvalue weighted by atomic mass is 32.1. The van der Waals surface area contributed by atoms with Crippen LogP contribution in [0.4, 0.5) is 0 Å². The molecule has 0 aromatic carbocycles. The van der Waals surface area contributed by atoms with Gasteiger partial charge in [-0.1, -0.05) is 0 Å². The van der Waals surface area contributed by atoms with Crippen molar-refractivity contribution in [3.63, 3.8) is 0 Å². The molecule has 0 bridgehead atoms. The highest BCUT2D eigenvalue weighted by molar-refractivity contribution is 7.80. The number of likely N-dealkylation sites (tertiary alicyclic amines) is 1. The number of amides is 2. The number of carbonyl (C=O) groups excluding carboxylic acids is 2. The summed E-state index contributed by atoms with van der Waals surface area (Å²) >= 11 is 3.96. The highest BCUT2D eigenvalue weighted by Crippen LogP contribution is 2.19. The Labute approximate surface area is 151 Å². The van der Waals surface area contributed by atoms with Gasteiger partial charge in [0.05, 0.1) is 6.04 Å². The summed E-state index contributed by atoms with van der Waals surface area (Å²) in [5, 5.41) is 11.8. The number of carboxylic acids is 1. The lowest BCUT2D eigenvalue weighted by Gasteiger charge is -2.28. The number of guanidine groups is 1. The largest absolute Gasteiger partial charge is 0.480 e. The Hall–Kier alpha value is -2.01. The molecule has 11 heteroatoms. The average Bonchev–Trinajstić information content (AvgIpc) is 3.05. The minimum absolute atomic E-state index is 0.0607. The molecule has 0 aliphatic carbocycles. The number of nitrogens with two attached hydrogens (primary N) is 3. The molecule has 3 atom stereocenters. The zero-order chi connectivity index (χ0) is 19.0. The van der Waals surface area contributed by atoms with Crippen LogP contribution in [0, 0.1) is 0 Å². The number of thiol groups is 1. The fourth-order valence-corrected chi connectivity index (χ4v) is 2.78. The van der Waals surface area contributed by atoms with E-state index in [2.05, 4.69) is 22.9 Å². The molecule has 142 valence electrons. The molecule has 0 aromatic rings. The van der Waals surface area contributed by atoms with Gasteiger partial charge in [0.15, 0.2) is 5.96 Å². The fraction of sp³-hybridized carbons (Fsp3) is 0.714. The van der Waals surface area contributed by atoms with E-state index >= 15 is 0 Å². The standard InChI is InChI=1S/C14H26N6O4S/c15-8(7-25)11(21)19-9(3-1-5-18-14(16)17)12(22)20-6-2-4-10(20)13(23)24/h8-10,25H,1-7,15H2,(H,19,21)(H,23,24)(H4,16,17,18). The van der Waals surface area contributed by atoms with Crippen molar-refractivity contribution < 1.29 is 19.5 Å². The van der Waals surface area contributed by atoms with E-state index in [1.807, 2.05) is 0 Å². The zero-order valence-electron chi connectivity index (χ0n) is 13.9. The molecule has 0 radical (unpaired) electrons. The van der Waals surface area contributed by atoms with Crippen LogP contribution in [0.2, 0.25) is 0 Å². The lowest BCUT2D eigenvalue weighted by Crippen LogP contribution is -2.54. The van der Waals surface area contributed by atoms with Gasteiger partial charge < -0.3 is 32.5 Å². The van der Waals surface area contributed by atoms with Crippen molar-refractivity contribution in [2.45, 2.75) is 43.8 Å². The van der Waals surface area contributed by atoms with Crippen molar-refractivity contribution in [3.05, 3.63) is 0 Å². The summed E-state index contributed by atoms with van der Waals surface area (Å²) in [7, 11) is 0. The van der Waals surface area contributed by atoms with E-state index < -0.39 is 35.9 Å². The van der Waals surface area contributed by atoms with E-state index in [9.17, 15) is 19.5 Å². The summed E-state index contributed by atoms with van der Waals surface area (Å²) < 4.78 is 0. The second-order valence-electron chi connectivity index (χ2n) is 5.83. The van der Waals surface area contributed by atoms with Gasteiger partial charge in [0.1, 0.15) is 12.1 Å². The average molecular weight is 374 g/mol. The van der Waals surface area contributed by atoms with Crippen LogP contribution in [-0.2, 0) is 14.4 Å². The smallest absolute Gasteiger partial charge is 0.326 e. The van der Waals surface area contributed by atoms with Gasteiger partial charge >= 0.3 is 5.97 Å². The predicted octanol–water partition coefficient (Wildman–Crippen LogP) is -2.14. The van der Waals surface area contributed by atoms with Crippen molar-refractivity contribution >= 4 is 36.4 Å². The second-order valence-corrected chi connectivity index (χ2v) is 6.19. The molecule has 0 aromatic heterocycles. The van der Waals surface area contributed by atoms with E-state index in [0.29, 0.717) is 32.4 Å². The van der Waals surface area contributed by atoms with Crippen LogP contribution in [-0.4, -0.2) is 70.7 Å². The fourth-order valence-electron chi connectivity index (χ4n) is 2.61. The Balaban J connectivity index is 2.80. The predicted molar refractivity (Wildman–Crippen MR) is 96.0 cm³/mol. The monoisotopic (exact) mass is 374 g/mol. The van der Waals surface area contributed by atoms with Gasteiger partial charge in [-0.05, 0) is 25.7 Å². The third-order valence-electron chi connectivity index (χ3n) is 3.91. The molecule has 10 nitrogen and oxygen atoms in total. The van der Waals surface area contributed by atoms with Gasteiger partial charge in [-0.3, -0.25) is 14.6 Å². The summed E-state index contributed by atoms with van der Waals surface area (Å²) in [6.07, 6.45) is 1.71. The first-order chi connectivity index (χ1) is 11.8. The summed E-state index contributed by atoms with van der Waals surface area (Å²) in [5.41, 5.74) is 16.1. The Kier molecular flexibility index (Phi) is 8.49. The van der Waals surface area contributed by atoms with Crippen LogP contribution in [0.5, 0.6) is 0 Å². The van der Waals surface area contributed by atoms with Gasteiger partial charge in [-0.15, -0.1) is 0 Å². The molecule has 3 unspecified atom stereocenters. The number of carbonyl (C=O) groups is 3. The zero-order valence-corrected chi connectivity index (χ0v) is 14.8. The van der Waals surface area contributed by atoms with Gasteiger partial charge in [-0.25, -0.2) is 4.79 Å². The molecule has 1 heterocycles. The van der Waals surface area contributed by atoms with Crippen molar-refractivity contribution in [2.24, 2.45) is 22.2 Å². The first-order valence-corrected chi connectivity index (χ1v) is 8.66. The maximum Gasteiger partial charge on any atom is 0.326 e. The topological polar surface area (TPSA) is 177 Å². The van der Waals surface area contributed by atoms with E-state index in [1.165, 1.54) is 4.90 Å². The highest BCUT2D eigenvalue weighted by Gasteiger charge is 2.37. The first-order valence-electron chi connectivity index (χ1n) is 8.03. The third-order valence-corrected chi connectivity index (χ3v) is 4.31. The Morgan fingerprint density at radius 3 is 2.60 bits per heavy atom. The van der Waals surface area contributed by atoms with Crippen LogP contribution >= 0.6 is 12.6 Å². The van der Waals surface area contributed by atoms with Crippen LogP contribution in [0.3, 0.4) is 0 Å². The molecule has 1 saturated heterocycles. The maximum absolute atomic E-state index is 12.7. The second kappa shape index (κ2) is 10.1. The number of hydrogen-bond donors (Lipinski definition) is 6.